The summed E-state index contributed by atoms with van der Waals surface area (Å²) >= 11 is 0. The fraction of sp³-hybridized carbons (Fsp3) is 0.500. The van der Waals surface area contributed by atoms with E-state index in [-0.39, 0.29) is 12.0 Å². The maximum atomic E-state index is 12.6. The van der Waals surface area contributed by atoms with Crippen LogP contribution < -0.4 is 0 Å². The highest BCUT2D eigenvalue weighted by molar-refractivity contribution is 5.81. The Balaban J connectivity index is 1.61. The smallest absolute Gasteiger partial charge is 0.409 e. The van der Waals surface area contributed by atoms with E-state index in [0.717, 1.165) is 23.1 Å². The molecule has 25 heavy (non-hydrogen) atoms. The number of fused-ring (bicyclic) bond motifs is 1. The molecule has 1 aromatic carbocycles. The van der Waals surface area contributed by atoms with Gasteiger partial charge in [-0.25, -0.2) is 9.78 Å². The minimum Gasteiger partial charge on any atom is -0.450 e. The fourth-order valence-electron chi connectivity index (χ4n) is 3.05. The van der Waals surface area contributed by atoms with Crippen molar-refractivity contribution >= 4 is 23.1 Å². The van der Waals surface area contributed by atoms with Gasteiger partial charge >= 0.3 is 6.09 Å². The molecule has 2 heterocycles. The van der Waals surface area contributed by atoms with Crippen molar-refractivity contribution in [1.29, 1.82) is 0 Å². The molecule has 3 rings (SSSR count). The molecule has 1 fully saturated rings. The first-order valence-corrected chi connectivity index (χ1v) is 8.62. The summed E-state index contributed by atoms with van der Waals surface area (Å²) in [5.74, 6) is 0.676. The molecule has 1 saturated heterocycles. The van der Waals surface area contributed by atoms with Crippen molar-refractivity contribution in [1.82, 2.24) is 14.8 Å². The van der Waals surface area contributed by atoms with Crippen molar-refractivity contribution in [3.8, 4) is 0 Å². The Labute approximate surface area is 146 Å². The molecule has 0 radical (unpaired) electrons. The predicted octanol–water partition coefficient (Wildman–Crippen LogP) is 2.37. The van der Waals surface area contributed by atoms with Crippen LogP contribution >= 0.6 is 0 Å². The molecule has 0 bridgehead atoms. The molecule has 7 nitrogen and oxygen atoms in total. The highest BCUT2D eigenvalue weighted by atomic mass is 16.6. The van der Waals surface area contributed by atoms with Crippen LogP contribution in [-0.2, 0) is 16.0 Å². The minimum atomic E-state index is -0.302. The molecule has 2 aromatic rings. The second-order valence-electron chi connectivity index (χ2n) is 6.13. The standard InChI is InChI=1S/C18H23N3O4/c1-3-24-18(23)21-8-4-7-20(9-10-21)17(22)12-14-5-6-16-15(11-14)19-13(2)25-16/h5-6,11H,3-4,7-10,12H2,1-2H3. The number of nitrogens with zero attached hydrogens (tertiary/aromatic N) is 3. The number of oxazole rings is 1. The van der Waals surface area contributed by atoms with Gasteiger partial charge in [0.15, 0.2) is 11.5 Å². The maximum Gasteiger partial charge on any atom is 0.409 e. The zero-order valence-electron chi connectivity index (χ0n) is 14.7. The number of amides is 2. The topological polar surface area (TPSA) is 75.9 Å². The number of aromatic nitrogens is 1. The van der Waals surface area contributed by atoms with Crippen molar-refractivity contribution < 1.29 is 18.7 Å². The third-order valence-corrected chi connectivity index (χ3v) is 4.29. The van der Waals surface area contributed by atoms with Gasteiger partial charge in [0.2, 0.25) is 5.91 Å². The molecule has 1 aliphatic rings. The minimum absolute atomic E-state index is 0.0604. The van der Waals surface area contributed by atoms with Crippen molar-refractivity contribution in [2.24, 2.45) is 0 Å². The van der Waals surface area contributed by atoms with Gasteiger partial charge in [0.05, 0.1) is 13.0 Å². The second-order valence-corrected chi connectivity index (χ2v) is 6.13. The molecule has 1 aliphatic heterocycles. The van der Waals surface area contributed by atoms with Gasteiger partial charge in [0.25, 0.3) is 0 Å². The van der Waals surface area contributed by atoms with E-state index in [0.29, 0.717) is 45.1 Å². The normalized spacial score (nSPS) is 15.3. The number of rotatable bonds is 3. The van der Waals surface area contributed by atoms with Gasteiger partial charge in [0, 0.05) is 33.1 Å². The summed E-state index contributed by atoms with van der Waals surface area (Å²) in [4.78, 5) is 32.2. The van der Waals surface area contributed by atoms with Crippen molar-refractivity contribution in [2.75, 3.05) is 32.8 Å². The molecule has 0 atom stereocenters. The lowest BCUT2D eigenvalue weighted by Crippen LogP contribution is -2.38. The zero-order valence-corrected chi connectivity index (χ0v) is 14.7. The van der Waals surface area contributed by atoms with Gasteiger partial charge < -0.3 is 19.0 Å². The molecule has 1 aromatic heterocycles. The van der Waals surface area contributed by atoms with Gasteiger partial charge in [-0.15, -0.1) is 0 Å². The van der Waals surface area contributed by atoms with E-state index in [9.17, 15) is 9.59 Å². The number of carbonyl (C=O) groups excluding carboxylic acids is 2. The van der Waals surface area contributed by atoms with E-state index in [2.05, 4.69) is 4.98 Å². The number of hydrogen-bond donors (Lipinski definition) is 0. The molecular formula is C18H23N3O4. The Hall–Kier alpha value is -2.57. The first-order chi connectivity index (χ1) is 12.1. The molecule has 0 aliphatic carbocycles. The molecule has 0 unspecified atom stereocenters. The van der Waals surface area contributed by atoms with Crippen LogP contribution in [0.3, 0.4) is 0 Å². The van der Waals surface area contributed by atoms with Crippen LogP contribution in [0.2, 0.25) is 0 Å². The van der Waals surface area contributed by atoms with E-state index in [1.165, 1.54) is 0 Å². The van der Waals surface area contributed by atoms with Gasteiger partial charge in [0.1, 0.15) is 5.52 Å². The highest BCUT2D eigenvalue weighted by Gasteiger charge is 2.22. The molecule has 0 N–H and O–H groups in total. The molecule has 7 heteroatoms. The van der Waals surface area contributed by atoms with Crippen LogP contribution in [-0.4, -0.2) is 59.6 Å². The van der Waals surface area contributed by atoms with Crippen molar-refractivity contribution in [2.45, 2.75) is 26.7 Å². The van der Waals surface area contributed by atoms with Gasteiger partial charge in [-0.1, -0.05) is 6.07 Å². The number of carbonyl (C=O) groups is 2. The lowest BCUT2D eigenvalue weighted by Gasteiger charge is -2.21. The first-order valence-electron chi connectivity index (χ1n) is 8.62. The van der Waals surface area contributed by atoms with E-state index in [1.807, 2.05) is 23.1 Å². The maximum absolute atomic E-state index is 12.6. The molecule has 0 saturated carbocycles. The van der Waals surface area contributed by atoms with Gasteiger partial charge in [-0.2, -0.15) is 0 Å². The van der Waals surface area contributed by atoms with Crippen LogP contribution in [0.15, 0.2) is 22.6 Å². The van der Waals surface area contributed by atoms with E-state index < -0.39 is 0 Å². The molecule has 0 spiro atoms. The van der Waals surface area contributed by atoms with Crippen LogP contribution in [0, 0.1) is 6.92 Å². The SMILES string of the molecule is CCOC(=O)N1CCCN(C(=O)Cc2ccc3oc(C)nc3c2)CC1. The van der Waals surface area contributed by atoms with Crippen molar-refractivity contribution in [3.05, 3.63) is 29.7 Å². The quantitative estimate of drug-likeness (QED) is 0.854. The summed E-state index contributed by atoms with van der Waals surface area (Å²) in [5, 5.41) is 0. The van der Waals surface area contributed by atoms with Crippen LogP contribution in [0.25, 0.3) is 11.1 Å². The Morgan fingerprint density at radius 3 is 2.76 bits per heavy atom. The average molecular weight is 345 g/mol. The van der Waals surface area contributed by atoms with E-state index >= 15 is 0 Å². The van der Waals surface area contributed by atoms with Crippen LogP contribution in [0.5, 0.6) is 0 Å². The molecule has 2 amide bonds. The average Bonchev–Trinajstić information content (AvgIpc) is 2.79. The summed E-state index contributed by atoms with van der Waals surface area (Å²) in [7, 11) is 0. The number of benzene rings is 1. The third-order valence-electron chi connectivity index (χ3n) is 4.29. The number of ether oxygens (including phenoxy) is 1. The van der Waals surface area contributed by atoms with E-state index in [4.69, 9.17) is 9.15 Å². The Bertz CT molecular complexity index is 771. The first kappa shape index (κ1) is 17.3. The van der Waals surface area contributed by atoms with Crippen molar-refractivity contribution in [3.63, 3.8) is 0 Å². The predicted molar refractivity (Wildman–Crippen MR) is 92.2 cm³/mol. The Morgan fingerprint density at radius 2 is 1.96 bits per heavy atom. The second kappa shape index (κ2) is 7.55. The van der Waals surface area contributed by atoms with Gasteiger partial charge in [-0.3, -0.25) is 4.79 Å². The highest BCUT2D eigenvalue weighted by Crippen LogP contribution is 2.18. The molecule has 134 valence electrons. The summed E-state index contributed by atoms with van der Waals surface area (Å²) < 4.78 is 10.5. The summed E-state index contributed by atoms with van der Waals surface area (Å²) in [6.45, 7) is 6.26. The van der Waals surface area contributed by atoms with Gasteiger partial charge in [-0.05, 0) is 31.0 Å². The Kier molecular flexibility index (Phi) is 5.21. The summed E-state index contributed by atoms with van der Waals surface area (Å²) in [6.07, 6.45) is 0.775. The monoisotopic (exact) mass is 345 g/mol. The summed E-state index contributed by atoms with van der Waals surface area (Å²) in [5.41, 5.74) is 2.41. The van der Waals surface area contributed by atoms with Crippen LogP contribution in [0.1, 0.15) is 24.8 Å². The largest absolute Gasteiger partial charge is 0.450 e. The lowest BCUT2D eigenvalue weighted by molar-refractivity contribution is -0.130. The number of hydrogen-bond acceptors (Lipinski definition) is 5. The van der Waals surface area contributed by atoms with E-state index in [1.54, 1.807) is 18.7 Å². The summed E-state index contributed by atoms with van der Waals surface area (Å²) in [6, 6.07) is 5.64. The zero-order chi connectivity index (χ0) is 17.8. The van der Waals surface area contributed by atoms with Crippen LogP contribution in [0.4, 0.5) is 4.79 Å². The Morgan fingerprint density at radius 1 is 1.20 bits per heavy atom. The molecular weight excluding hydrogens is 322 g/mol. The number of aryl methyl sites for hydroxylation is 1. The third kappa shape index (κ3) is 4.10. The fourth-order valence-corrected chi connectivity index (χ4v) is 3.05. The lowest BCUT2D eigenvalue weighted by atomic mass is 10.1.